The number of benzene rings is 1. The summed E-state index contributed by atoms with van der Waals surface area (Å²) in [5.41, 5.74) is 4.06. The lowest BCUT2D eigenvalue weighted by molar-refractivity contribution is -0.139. The first-order chi connectivity index (χ1) is 12.8. The third-order valence-corrected chi connectivity index (χ3v) is 4.58. The number of hydrogen-bond acceptors (Lipinski definition) is 4. The Labute approximate surface area is 160 Å². The van der Waals surface area contributed by atoms with E-state index in [1.165, 1.54) is 5.56 Å². The van der Waals surface area contributed by atoms with E-state index in [0.717, 1.165) is 17.0 Å². The first-order valence-corrected chi connectivity index (χ1v) is 9.07. The lowest BCUT2D eigenvalue weighted by atomic mass is 10.2. The number of rotatable bonds is 9. The summed E-state index contributed by atoms with van der Waals surface area (Å²) in [5.74, 6) is -1.13. The van der Waals surface area contributed by atoms with Gasteiger partial charge in [0.15, 0.2) is 0 Å². The lowest BCUT2D eigenvalue weighted by Gasteiger charge is -2.23. The molecule has 1 aromatic carbocycles. The predicted octanol–water partition coefficient (Wildman–Crippen LogP) is 1.96. The summed E-state index contributed by atoms with van der Waals surface area (Å²) in [6, 6.07) is 10.1. The van der Waals surface area contributed by atoms with Crippen LogP contribution in [0.25, 0.3) is 0 Å². The van der Waals surface area contributed by atoms with Crippen LogP contribution in [-0.4, -0.2) is 50.8 Å². The van der Waals surface area contributed by atoms with E-state index in [0.29, 0.717) is 13.1 Å². The fourth-order valence-electron chi connectivity index (χ4n) is 2.92. The summed E-state index contributed by atoms with van der Waals surface area (Å²) < 4.78 is 1.94. The number of carbonyl (C=O) groups is 2. The van der Waals surface area contributed by atoms with E-state index in [4.69, 9.17) is 5.11 Å². The number of carbonyl (C=O) groups excluding carboxylic acids is 1. The van der Waals surface area contributed by atoms with Crippen molar-refractivity contribution in [2.24, 2.45) is 0 Å². The quantitative estimate of drug-likeness (QED) is 0.703. The number of amides is 1. The molecule has 0 saturated heterocycles. The molecule has 1 heterocycles. The van der Waals surface area contributed by atoms with Gasteiger partial charge in [0, 0.05) is 23.8 Å². The normalized spacial score (nSPS) is 11.2. The van der Waals surface area contributed by atoms with Gasteiger partial charge in [-0.2, -0.15) is 5.10 Å². The molecule has 0 fully saturated rings. The molecule has 0 bridgehead atoms. The van der Waals surface area contributed by atoms with Crippen LogP contribution in [-0.2, 0) is 22.7 Å². The predicted molar refractivity (Wildman–Crippen MR) is 103 cm³/mol. The number of hydrogen-bond donors (Lipinski definition) is 2. The van der Waals surface area contributed by atoms with Crippen LogP contribution in [0.2, 0.25) is 0 Å². The molecule has 1 amide bonds. The van der Waals surface area contributed by atoms with E-state index in [1.807, 2.05) is 50.6 Å². The van der Waals surface area contributed by atoms with Crippen LogP contribution in [0.5, 0.6) is 0 Å². The number of aryl methyl sites for hydroxylation is 1. The zero-order valence-electron chi connectivity index (χ0n) is 16.4. The maximum absolute atomic E-state index is 12.3. The minimum absolute atomic E-state index is 0.0241. The highest BCUT2D eigenvalue weighted by molar-refractivity contribution is 5.79. The third kappa shape index (κ3) is 5.92. The molecule has 0 aliphatic heterocycles. The average Bonchev–Trinajstić information content (AvgIpc) is 2.86. The van der Waals surface area contributed by atoms with Crippen LogP contribution in [0.3, 0.4) is 0 Å². The van der Waals surface area contributed by atoms with Crippen LogP contribution in [0.1, 0.15) is 36.4 Å². The molecule has 2 aromatic rings. The van der Waals surface area contributed by atoms with Crippen molar-refractivity contribution in [1.29, 1.82) is 0 Å². The van der Waals surface area contributed by atoms with Crippen LogP contribution in [0.15, 0.2) is 30.3 Å². The van der Waals surface area contributed by atoms with Crippen molar-refractivity contribution in [2.75, 3.05) is 13.1 Å². The molecule has 2 N–H and O–H groups in total. The van der Waals surface area contributed by atoms with Crippen molar-refractivity contribution < 1.29 is 14.7 Å². The van der Waals surface area contributed by atoms with E-state index < -0.39 is 5.97 Å². The van der Waals surface area contributed by atoms with E-state index in [-0.39, 0.29) is 25.0 Å². The van der Waals surface area contributed by atoms with E-state index in [2.05, 4.69) is 22.5 Å². The minimum Gasteiger partial charge on any atom is -0.480 e. The second-order valence-corrected chi connectivity index (χ2v) is 6.96. The number of aliphatic carboxylic acids is 1. The second kappa shape index (κ2) is 9.32. The maximum atomic E-state index is 12.3. The molecule has 0 atom stereocenters. The highest BCUT2D eigenvalue weighted by Crippen LogP contribution is 2.14. The van der Waals surface area contributed by atoms with Gasteiger partial charge in [-0.05, 0) is 33.3 Å². The number of aromatic nitrogens is 2. The Morgan fingerprint density at radius 1 is 1.19 bits per heavy atom. The molecule has 0 radical (unpaired) electrons. The standard InChI is InChI=1S/C20H28N4O3/c1-14(2)23(13-20(26)27)12-19(25)21-10-18-15(3)22-24(16(18)4)11-17-8-6-5-7-9-17/h5-9,14H,10-13H2,1-4H3,(H,21,25)(H,26,27). The number of nitrogens with zero attached hydrogens (tertiary/aromatic N) is 3. The SMILES string of the molecule is Cc1nn(Cc2ccccc2)c(C)c1CNC(=O)CN(CC(=O)O)C(C)C. The summed E-state index contributed by atoms with van der Waals surface area (Å²) in [7, 11) is 0. The van der Waals surface area contributed by atoms with Gasteiger partial charge in [-0.3, -0.25) is 19.2 Å². The lowest BCUT2D eigenvalue weighted by Crippen LogP contribution is -2.43. The molecule has 1 aromatic heterocycles. The average molecular weight is 372 g/mol. The third-order valence-electron chi connectivity index (χ3n) is 4.58. The molecular formula is C20H28N4O3. The van der Waals surface area contributed by atoms with Crippen molar-refractivity contribution in [3.8, 4) is 0 Å². The summed E-state index contributed by atoms with van der Waals surface area (Å²) in [4.78, 5) is 24.8. The molecule has 7 heteroatoms. The first kappa shape index (κ1) is 20.6. The van der Waals surface area contributed by atoms with Crippen LogP contribution < -0.4 is 5.32 Å². The van der Waals surface area contributed by atoms with E-state index >= 15 is 0 Å². The first-order valence-electron chi connectivity index (χ1n) is 9.07. The largest absolute Gasteiger partial charge is 0.480 e. The van der Waals surface area contributed by atoms with Crippen LogP contribution in [0.4, 0.5) is 0 Å². The molecule has 0 saturated carbocycles. The van der Waals surface area contributed by atoms with Gasteiger partial charge in [0.1, 0.15) is 0 Å². The Bertz CT molecular complexity index is 784. The molecule has 0 aliphatic rings. The minimum atomic E-state index is -0.939. The Balaban J connectivity index is 1.99. The van der Waals surface area contributed by atoms with Gasteiger partial charge in [-0.1, -0.05) is 30.3 Å². The Morgan fingerprint density at radius 2 is 1.85 bits per heavy atom. The zero-order chi connectivity index (χ0) is 20.0. The Kier molecular flexibility index (Phi) is 7.12. The topological polar surface area (TPSA) is 87.5 Å². The second-order valence-electron chi connectivity index (χ2n) is 6.96. The smallest absolute Gasteiger partial charge is 0.317 e. The summed E-state index contributed by atoms with van der Waals surface area (Å²) >= 11 is 0. The highest BCUT2D eigenvalue weighted by atomic mass is 16.4. The van der Waals surface area contributed by atoms with Crippen LogP contribution in [0, 0.1) is 13.8 Å². The Morgan fingerprint density at radius 3 is 2.44 bits per heavy atom. The van der Waals surface area contributed by atoms with E-state index in [1.54, 1.807) is 4.90 Å². The molecule has 27 heavy (non-hydrogen) atoms. The molecule has 0 aliphatic carbocycles. The van der Waals surface area contributed by atoms with Crippen molar-refractivity contribution in [3.05, 3.63) is 52.8 Å². The molecule has 0 spiro atoms. The van der Waals surface area contributed by atoms with Crippen LogP contribution >= 0.6 is 0 Å². The maximum Gasteiger partial charge on any atom is 0.317 e. The molecule has 0 unspecified atom stereocenters. The number of nitrogens with one attached hydrogen (secondary N) is 1. The number of carboxylic acids is 1. The van der Waals surface area contributed by atoms with Crippen molar-refractivity contribution in [2.45, 2.75) is 46.8 Å². The van der Waals surface area contributed by atoms with Gasteiger partial charge in [0.25, 0.3) is 0 Å². The fourth-order valence-corrected chi connectivity index (χ4v) is 2.92. The summed E-state index contributed by atoms with van der Waals surface area (Å²) in [6.07, 6.45) is 0. The van der Waals surface area contributed by atoms with Gasteiger partial charge < -0.3 is 10.4 Å². The zero-order valence-corrected chi connectivity index (χ0v) is 16.4. The monoisotopic (exact) mass is 372 g/mol. The van der Waals surface area contributed by atoms with Crippen molar-refractivity contribution in [1.82, 2.24) is 20.0 Å². The van der Waals surface area contributed by atoms with Crippen molar-refractivity contribution in [3.63, 3.8) is 0 Å². The fraction of sp³-hybridized carbons (Fsp3) is 0.450. The molecular weight excluding hydrogens is 344 g/mol. The van der Waals surface area contributed by atoms with Gasteiger partial charge in [-0.25, -0.2) is 0 Å². The van der Waals surface area contributed by atoms with Gasteiger partial charge in [-0.15, -0.1) is 0 Å². The highest BCUT2D eigenvalue weighted by Gasteiger charge is 2.18. The Hall–Kier alpha value is -2.67. The molecule has 146 valence electrons. The van der Waals surface area contributed by atoms with Gasteiger partial charge in [0.05, 0.1) is 25.3 Å². The number of carboxylic acid groups (broad SMARTS) is 1. The van der Waals surface area contributed by atoms with Gasteiger partial charge in [0.2, 0.25) is 5.91 Å². The van der Waals surface area contributed by atoms with Crippen molar-refractivity contribution >= 4 is 11.9 Å². The summed E-state index contributed by atoms with van der Waals surface area (Å²) in [6.45, 7) is 8.64. The van der Waals surface area contributed by atoms with E-state index in [9.17, 15) is 9.59 Å². The van der Waals surface area contributed by atoms with Gasteiger partial charge >= 0.3 is 5.97 Å². The molecule has 2 rings (SSSR count). The summed E-state index contributed by atoms with van der Waals surface area (Å²) in [5, 5.41) is 16.4. The molecule has 7 nitrogen and oxygen atoms in total.